The molecule has 5 nitrogen and oxygen atoms in total. The lowest BCUT2D eigenvalue weighted by Gasteiger charge is -2.16. The number of amides is 1. The van der Waals surface area contributed by atoms with Crippen molar-refractivity contribution >= 4 is 5.91 Å². The quantitative estimate of drug-likeness (QED) is 0.922. The Morgan fingerprint density at radius 2 is 2.04 bits per heavy atom. The van der Waals surface area contributed by atoms with Crippen LogP contribution in [0.4, 0.5) is 13.2 Å². The minimum Gasteiger partial charge on any atom is -0.337 e. The number of carbonyl (C=O) groups excluding carboxylic acids is 1. The van der Waals surface area contributed by atoms with Gasteiger partial charge in [0.05, 0.1) is 6.67 Å². The highest BCUT2D eigenvalue weighted by Gasteiger charge is 2.39. The first kappa shape index (κ1) is 16.1. The van der Waals surface area contributed by atoms with Gasteiger partial charge in [0.25, 0.3) is 5.91 Å². The van der Waals surface area contributed by atoms with E-state index in [2.05, 4.69) is 15.2 Å². The molecule has 8 heteroatoms. The fraction of sp³-hybridized carbons (Fsp3) is 0.471. The van der Waals surface area contributed by atoms with Crippen molar-refractivity contribution in [1.82, 2.24) is 20.1 Å². The van der Waals surface area contributed by atoms with Crippen molar-refractivity contribution in [3.8, 4) is 0 Å². The van der Waals surface area contributed by atoms with Crippen molar-refractivity contribution in [2.24, 2.45) is 5.92 Å². The van der Waals surface area contributed by atoms with Gasteiger partial charge in [0, 0.05) is 36.4 Å². The molecule has 1 amide bonds. The molecule has 1 aromatic heterocycles. The summed E-state index contributed by atoms with van der Waals surface area (Å²) in [6, 6.07) is 3.02. The molecule has 132 valence electrons. The fourth-order valence-corrected chi connectivity index (χ4v) is 3.29. The van der Waals surface area contributed by atoms with Crippen molar-refractivity contribution in [2.45, 2.75) is 24.7 Å². The molecule has 0 spiro atoms. The third kappa shape index (κ3) is 3.01. The van der Waals surface area contributed by atoms with Gasteiger partial charge in [0.15, 0.2) is 17.5 Å². The third-order valence-corrected chi connectivity index (χ3v) is 4.91. The summed E-state index contributed by atoms with van der Waals surface area (Å²) in [5.41, 5.74) is 0.0494. The Balaban J connectivity index is 1.53. The van der Waals surface area contributed by atoms with Crippen molar-refractivity contribution in [3.63, 3.8) is 0 Å². The van der Waals surface area contributed by atoms with Crippen molar-refractivity contribution in [3.05, 3.63) is 47.0 Å². The number of aromatic nitrogens is 3. The van der Waals surface area contributed by atoms with E-state index in [4.69, 9.17) is 0 Å². The molecule has 1 N–H and O–H groups in total. The molecule has 2 heterocycles. The molecule has 1 aromatic carbocycles. The summed E-state index contributed by atoms with van der Waals surface area (Å²) in [6.45, 7) is -0.115. The fourth-order valence-electron chi connectivity index (χ4n) is 3.29. The zero-order valence-corrected chi connectivity index (χ0v) is 13.4. The van der Waals surface area contributed by atoms with E-state index in [-0.39, 0.29) is 24.6 Å². The first-order chi connectivity index (χ1) is 12.1. The molecule has 2 aromatic rings. The second-order valence-electron chi connectivity index (χ2n) is 6.71. The van der Waals surface area contributed by atoms with Gasteiger partial charge in [-0.3, -0.25) is 14.3 Å². The maximum atomic E-state index is 13.5. The highest BCUT2D eigenvalue weighted by atomic mass is 19.2. The minimum absolute atomic E-state index is 0.0494. The Labute approximate surface area is 142 Å². The average molecular weight is 350 g/mol. The first-order valence-electron chi connectivity index (χ1n) is 8.29. The Kier molecular flexibility index (Phi) is 3.97. The minimum atomic E-state index is -1.08. The molecular formula is C17H17F3N4O. The van der Waals surface area contributed by atoms with Crippen molar-refractivity contribution < 1.29 is 18.0 Å². The summed E-state index contributed by atoms with van der Waals surface area (Å²) in [6.07, 6.45) is 2.13. The number of likely N-dealkylation sites (tertiary alicyclic amines) is 1. The number of nitrogens with one attached hydrogen (secondary N) is 1. The third-order valence-electron chi connectivity index (χ3n) is 4.91. The van der Waals surface area contributed by atoms with Crippen molar-refractivity contribution in [1.29, 1.82) is 0 Å². The lowest BCUT2D eigenvalue weighted by Crippen LogP contribution is -2.29. The van der Waals surface area contributed by atoms with Crippen LogP contribution in [0, 0.1) is 17.6 Å². The summed E-state index contributed by atoms with van der Waals surface area (Å²) >= 11 is 0. The van der Waals surface area contributed by atoms with Crippen LogP contribution in [0.15, 0.2) is 18.2 Å². The zero-order chi connectivity index (χ0) is 17.6. The van der Waals surface area contributed by atoms with Gasteiger partial charge in [-0.2, -0.15) is 5.10 Å². The predicted octanol–water partition coefficient (Wildman–Crippen LogP) is 2.79. The Morgan fingerprint density at radius 3 is 2.72 bits per heavy atom. The van der Waals surface area contributed by atoms with Gasteiger partial charge in [0.2, 0.25) is 0 Å². The average Bonchev–Trinajstić information content (AvgIpc) is 3.19. The molecule has 25 heavy (non-hydrogen) atoms. The van der Waals surface area contributed by atoms with E-state index >= 15 is 0 Å². The molecule has 2 aliphatic rings. The van der Waals surface area contributed by atoms with Crippen LogP contribution in [0.3, 0.4) is 0 Å². The van der Waals surface area contributed by atoms with E-state index in [1.807, 2.05) is 0 Å². The van der Waals surface area contributed by atoms with Gasteiger partial charge in [0.1, 0.15) is 5.82 Å². The van der Waals surface area contributed by atoms with E-state index in [0.717, 1.165) is 30.8 Å². The summed E-state index contributed by atoms with van der Waals surface area (Å²) in [5, 5.41) is 7.06. The lowest BCUT2D eigenvalue weighted by atomic mass is 9.97. The van der Waals surface area contributed by atoms with E-state index in [0.29, 0.717) is 11.7 Å². The molecule has 1 aliphatic heterocycles. The topological polar surface area (TPSA) is 61.9 Å². The van der Waals surface area contributed by atoms with E-state index < -0.39 is 30.1 Å². The Bertz CT molecular complexity index is 805. The molecule has 2 unspecified atom stereocenters. The van der Waals surface area contributed by atoms with Gasteiger partial charge < -0.3 is 4.90 Å². The lowest BCUT2D eigenvalue weighted by molar-refractivity contribution is 0.0784. The molecule has 1 saturated carbocycles. The standard InChI is InChI=1S/C17H17F3N4O/c18-6-11-7-24(17(25)10-3-4-13(19)14(20)5-10)8-12(11)16-21-15(22-23-16)9-1-2-9/h3-5,9,11-12H,1-2,6-8H2,(H,21,22,23). The number of rotatable bonds is 4. The van der Waals surface area contributed by atoms with Gasteiger partial charge in [-0.1, -0.05) is 0 Å². The van der Waals surface area contributed by atoms with Crippen LogP contribution >= 0.6 is 0 Å². The first-order valence-corrected chi connectivity index (χ1v) is 8.29. The maximum absolute atomic E-state index is 13.5. The van der Waals surface area contributed by atoms with E-state index in [1.54, 1.807) is 0 Å². The largest absolute Gasteiger partial charge is 0.337 e. The Morgan fingerprint density at radius 1 is 1.24 bits per heavy atom. The van der Waals surface area contributed by atoms with Gasteiger partial charge in [-0.25, -0.2) is 13.8 Å². The maximum Gasteiger partial charge on any atom is 0.253 e. The number of alkyl halides is 1. The summed E-state index contributed by atoms with van der Waals surface area (Å²) in [7, 11) is 0. The molecule has 1 aliphatic carbocycles. The summed E-state index contributed by atoms with van der Waals surface area (Å²) in [5.74, 6) is -1.48. The van der Waals surface area contributed by atoms with Crippen LogP contribution < -0.4 is 0 Å². The molecule has 1 saturated heterocycles. The SMILES string of the molecule is O=C(c1ccc(F)c(F)c1)N1CC(CF)C(c2nc(C3CC3)n[nH]2)C1. The van der Waals surface area contributed by atoms with Crippen LogP contribution in [0.1, 0.15) is 46.7 Å². The van der Waals surface area contributed by atoms with Crippen LogP contribution in [0.5, 0.6) is 0 Å². The van der Waals surface area contributed by atoms with Crippen LogP contribution in [0.2, 0.25) is 0 Å². The molecule has 2 atom stereocenters. The van der Waals surface area contributed by atoms with Gasteiger partial charge in [-0.15, -0.1) is 0 Å². The molecular weight excluding hydrogens is 333 g/mol. The van der Waals surface area contributed by atoms with E-state index in [9.17, 15) is 18.0 Å². The number of carbonyl (C=O) groups is 1. The van der Waals surface area contributed by atoms with Crippen molar-refractivity contribution in [2.75, 3.05) is 19.8 Å². The van der Waals surface area contributed by atoms with Gasteiger partial charge >= 0.3 is 0 Å². The monoisotopic (exact) mass is 350 g/mol. The zero-order valence-electron chi connectivity index (χ0n) is 13.4. The normalized spacial score (nSPS) is 23.2. The van der Waals surface area contributed by atoms with Crippen LogP contribution in [-0.2, 0) is 0 Å². The highest BCUT2D eigenvalue weighted by molar-refractivity contribution is 5.94. The van der Waals surface area contributed by atoms with Gasteiger partial charge in [-0.05, 0) is 31.0 Å². The molecule has 0 radical (unpaired) electrons. The number of aromatic amines is 1. The van der Waals surface area contributed by atoms with Crippen LogP contribution in [0.25, 0.3) is 0 Å². The Hall–Kier alpha value is -2.38. The number of H-pyrrole nitrogens is 1. The van der Waals surface area contributed by atoms with E-state index in [1.165, 1.54) is 11.0 Å². The molecule has 2 fully saturated rings. The smallest absolute Gasteiger partial charge is 0.253 e. The number of hydrogen-bond acceptors (Lipinski definition) is 3. The number of benzene rings is 1. The molecule has 0 bridgehead atoms. The number of hydrogen-bond donors (Lipinski definition) is 1. The summed E-state index contributed by atoms with van der Waals surface area (Å²) in [4.78, 5) is 18.5. The number of nitrogens with zero attached hydrogens (tertiary/aromatic N) is 3. The highest BCUT2D eigenvalue weighted by Crippen LogP contribution is 2.39. The summed E-state index contributed by atoms with van der Waals surface area (Å²) < 4.78 is 39.9. The molecule has 4 rings (SSSR count). The predicted molar refractivity (Wildman–Crippen MR) is 82.8 cm³/mol. The second kappa shape index (κ2) is 6.16. The van der Waals surface area contributed by atoms with Crippen LogP contribution in [-0.4, -0.2) is 45.8 Å². The second-order valence-corrected chi connectivity index (χ2v) is 6.71. The number of halogens is 3.